The summed E-state index contributed by atoms with van der Waals surface area (Å²) in [6.07, 6.45) is 0. The molecule has 0 aliphatic carbocycles. The van der Waals surface area contributed by atoms with Crippen molar-refractivity contribution in [3.05, 3.63) is 53.6 Å². The summed E-state index contributed by atoms with van der Waals surface area (Å²) in [5.74, 6) is -0.179. The quantitative estimate of drug-likeness (QED) is 0.856. The maximum absolute atomic E-state index is 11.9. The lowest BCUT2D eigenvalue weighted by Gasteiger charge is -2.10. The van der Waals surface area contributed by atoms with Crippen molar-refractivity contribution in [3.8, 4) is 11.5 Å². The summed E-state index contributed by atoms with van der Waals surface area (Å²) >= 11 is 0. The van der Waals surface area contributed by atoms with Crippen LogP contribution in [-0.2, 0) is 4.79 Å². The number of hydrogen-bond acceptors (Lipinski definition) is 4. The first-order chi connectivity index (χ1) is 11.0. The topological polar surface area (TPSA) is 84.9 Å². The SMILES string of the molecule is COc1ccc(OCC(=O)Nc2cc(C(=O)O)ccc2C)cc1. The second kappa shape index (κ2) is 7.31. The number of carboxylic acids is 1. The Hall–Kier alpha value is -3.02. The highest BCUT2D eigenvalue weighted by atomic mass is 16.5. The molecule has 0 spiro atoms. The second-order valence-electron chi connectivity index (χ2n) is 4.85. The molecule has 0 radical (unpaired) electrons. The highest BCUT2D eigenvalue weighted by Crippen LogP contribution is 2.18. The summed E-state index contributed by atoms with van der Waals surface area (Å²) in [6.45, 7) is 1.61. The number of carbonyl (C=O) groups excluding carboxylic acids is 1. The molecule has 0 heterocycles. The molecule has 2 rings (SSSR count). The molecule has 0 aromatic heterocycles. The minimum atomic E-state index is -1.05. The summed E-state index contributed by atoms with van der Waals surface area (Å²) in [5, 5.41) is 11.6. The van der Waals surface area contributed by atoms with Crippen LogP contribution in [0.4, 0.5) is 5.69 Å². The fourth-order valence-corrected chi connectivity index (χ4v) is 1.90. The van der Waals surface area contributed by atoms with Crippen molar-refractivity contribution in [3.63, 3.8) is 0 Å². The Morgan fingerprint density at radius 3 is 2.35 bits per heavy atom. The predicted octanol–water partition coefficient (Wildman–Crippen LogP) is 2.72. The maximum atomic E-state index is 11.9. The molecule has 23 heavy (non-hydrogen) atoms. The van der Waals surface area contributed by atoms with Gasteiger partial charge in [0.05, 0.1) is 12.7 Å². The minimum Gasteiger partial charge on any atom is -0.497 e. The van der Waals surface area contributed by atoms with Gasteiger partial charge in [-0.15, -0.1) is 0 Å². The number of nitrogens with one attached hydrogen (secondary N) is 1. The third-order valence-corrected chi connectivity index (χ3v) is 3.19. The number of amides is 1. The number of carbonyl (C=O) groups is 2. The lowest BCUT2D eigenvalue weighted by Crippen LogP contribution is -2.20. The highest BCUT2D eigenvalue weighted by molar-refractivity contribution is 5.95. The largest absolute Gasteiger partial charge is 0.497 e. The van der Waals surface area contributed by atoms with Gasteiger partial charge in [-0.25, -0.2) is 4.79 Å². The van der Waals surface area contributed by atoms with E-state index in [1.807, 2.05) is 0 Å². The van der Waals surface area contributed by atoms with Crippen molar-refractivity contribution < 1.29 is 24.2 Å². The number of ether oxygens (including phenoxy) is 2. The van der Waals surface area contributed by atoms with Crippen LogP contribution >= 0.6 is 0 Å². The van der Waals surface area contributed by atoms with Crippen LogP contribution in [0.1, 0.15) is 15.9 Å². The van der Waals surface area contributed by atoms with Crippen LogP contribution < -0.4 is 14.8 Å². The molecule has 1 amide bonds. The Morgan fingerprint density at radius 1 is 1.09 bits per heavy atom. The molecular formula is C17H17NO5. The molecule has 6 nitrogen and oxygen atoms in total. The number of carboxylic acid groups (broad SMARTS) is 1. The van der Waals surface area contributed by atoms with E-state index in [-0.39, 0.29) is 18.1 Å². The summed E-state index contributed by atoms with van der Waals surface area (Å²) in [6, 6.07) is 11.4. The molecule has 0 saturated carbocycles. The van der Waals surface area contributed by atoms with Gasteiger partial charge in [0.15, 0.2) is 6.61 Å². The van der Waals surface area contributed by atoms with Gasteiger partial charge in [-0.05, 0) is 48.9 Å². The number of anilines is 1. The van der Waals surface area contributed by atoms with Crippen molar-refractivity contribution in [2.24, 2.45) is 0 Å². The van der Waals surface area contributed by atoms with Crippen LogP contribution in [0.3, 0.4) is 0 Å². The van der Waals surface area contributed by atoms with Gasteiger partial charge in [0, 0.05) is 5.69 Å². The van der Waals surface area contributed by atoms with E-state index < -0.39 is 5.97 Å². The molecule has 2 aromatic carbocycles. The Morgan fingerprint density at radius 2 is 1.74 bits per heavy atom. The van der Waals surface area contributed by atoms with E-state index in [4.69, 9.17) is 14.6 Å². The predicted molar refractivity (Wildman–Crippen MR) is 85.3 cm³/mol. The van der Waals surface area contributed by atoms with Crippen molar-refractivity contribution in [1.82, 2.24) is 0 Å². The summed E-state index contributed by atoms with van der Waals surface area (Å²) in [5.41, 5.74) is 1.34. The van der Waals surface area contributed by atoms with E-state index >= 15 is 0 Å². The summed E-state index contributed by atoms with van der Waals surface area (Å²) < 4.78 is 10.4. The monoisotopic (exact) mass is 315 g/mol. The van der Waals surface area contributed by atoms with E-state index in [0.717, 1.165) is 5.56 Å². The molecule has 120 valence electrons. The molecule has 2 N–H and O–H groups in total. The van der Waals surface area contributed by atoms with E-state index in [1.54, 1.807) is 44.4 Å². The van der Waals surface area contributed by atoms with Crippen molar-refractivity contribution in [1.29, 1.82) is 0 Å². The standard InChI is InChI=1S/C17H17NO5/c1-11-3-4-12(17(20)21)9-15(11)18-16(19)10-23-14-7-5-13(22-2)6-8-14/h3-9H,10H2,1-2H3,(H,18,19)(H,20,21). The lowest BCUT2D eigenvalue weighted by atomic mass is 10.1. The zero-order valence-electron chi connectivity index (χ0n) is 12.8. The van der Waals surface area contributed by atoms with Crippen molar-refractivity contribution in [2.75, 3.05) is 19.0 Å². The third kappa shape index (κ3) is 4.47. The molecule has 0 aliphatic heterocycles. The molecule has 6 heteroatoms. The van der Waals surface area contributed by atoms with E-state index in [2.05, 4.69) is 5.32 Å². The van der Waals surface area contributed by atoms with Gasteiger partial charge in [-0.2, -0.15) is 0 Å². The van der Waals surface area contributed by atoms with Crippen LogP contribution in [-0.4, -0.2) is 30.7 Å². The molecule has 2 aromatic rings. The fraction of sp³-hybridized carbons (Fsp3) is 0.176. The van der Waals surface area contributed by atoms with Gasteiger partial charge in [0.1, 0.15) is 11.5 Å². The highest BCUT2D eigenvalue weighted by Gasteiger charge is 2.09. The van der Waals surface area contributed by atoms with Gasteiger partial charge in [0.25, 0.3) is 5.91 Å². The van der Waals surface area contributed by atoms with Gasteiger partial charge >= 0.3 is 5.97 Å². The van der Waals surface area contributed by atoms with E-state index in [1.165, 1.54) is 12.1 Å². The van der Waals surface area contributed by atoms with Gasteiger partial charge in [0.2, 0.25) is 0 Å². The number of methoxy groups -OCH3 is 1. The first kappa shape index (κ1) is 16.4. The fourth-order valence-electron chi connectivity index (χ4n) is 1.90. The summed E-state index contributed by atoms with van der Waals surface area (Å²) in [7, 11) is 1.57. The molecule has 0 atom stereocenters. The Kier molecular flexibility index (Phi) is 5.19. The average molecular weight is 315 g/mol. The number of hydrogen-bond donors (Lipinski definition) is 2. The van der Waals surface area contributed by atoms with Gasteiger partial charge in [-0.1, -0.05) is 6.07 Å². The Balaban J connectivity index is 1.96. The number of benzene rings is 2. The number of rotatable bonds is 6. The van der Waals surface area contributed by atoms with E-state index in [9.17, 15) is 9.59 Å². The summed E-state index contributed by atoms with van der Waals surface area (Å²) in [4.78, 5) is 22.9. The molecule has 0 fully saturated rings. The Labute approximate surface area is 133 Å². The van der Waals surface area contributed by atoms with Gasteiger partial charge < -0.3 is 19.9 Å². The lowest BCUT2D eigenvalue weighted by molar-refractivity contribution is -0.118. The average Bonchev–Trinajstić information content (AvgIpc) is 2.55. The van der Waals surface area contributed by atoms with Crippen LogP contribution in [0.15, 0.2) is 42.5 Å². The smallest absolute Gasteiger partial charge is 0.335 e. The van der Waals surface area contributed by atoms with Gasteiger partial charge in [-0.3, -0.25) is 4.79 Å². The zero-order chi connectivity index (χ0) is 16.8. The van der Waals surface area contributed by atoms with Crippen LogP contribution in [0.5, 0.6) is 11.5 Å². The van der Waals surface area contributed by atoms with Crippen molar-refractivity contribution >= 4 is 17.6 Å². The number of aromatic carboxylic acids is 1. The third-order valence-electron chi connectivity index (χ3n) is 3.19. The zero-order valence-corrected chi connectivity index (χ0v) is 12.8. The molecular weight excluding hydrogens is 298 g/mol. The molecule has 0 aliphatic rings. The first-order valence-electron chi connectivity index (χ1n) is 6.90. The maximum Gasteiger partial charge on any atom is 0.335 e. The molecule has 0 bridgehead atoms. The van der Waals surface area contributed by atoms with Crippen LogP contribution in [0.2, 0.25) is 0 Å². The minimum absolute atomic E-state index is 0.113. The van der Waals surface area contributed by atoms with Crippen LogP contribution in [0, 0.1) is 6.92 Å². The van der Waals surface area contributed by atoms with Crippen LogP contribution in [0.25, 0.3) is 0 Å². The first-order valence-corrected chi connectivity index (χ1v) is 6.90. The van der Waals surface area contributed by atoms with E-state index in [0.29, 0.717) is 17.2 Å². The van der Waals surface area contributed by atoms with Crippen molar-refractivity contribution in [2.45, 2.75) is 6.92 Å². The molecule has 0 unspecified atom stereocenters. The molecule has 0 saturated heterocycles. The number of aryl methyl sites for hydroxylation is 1. The second-order valence-corrected chi connectivity index (χ2v) is 4.85. The Bertz CT molecular complexity index is 709. The normalized spacial score (nSPS) is 10.0.